The minimum Gasteiger partial charge on any atom is -0.444 e. The lowest BCUT2D eigenvalue weighted by Gasteiger charge is -2.42. The number of carbonyl (C=O) groups excluding carboxylic acids is 5. The largest absolute Gasteiger partial charge is 0.444 e. The molecule has 0 spiro atoms. The zero-order valence-corrected chi connectivity index (χ0v) is 25.3. The average Bonchev–Trinajstić information content (AvgIpc) is 3.06. The number of nitrogens with zero attached hydrogens (tertiary/aromatic N) is 3. The normalized spacial score (nSPS) is 23.8. The summed E-state index contributed by atoms with van der Waals surface area (Å²) in [5.74, 6) is -1.15. The summed E-state index contributed by atoms with van der Waals surface area (Å²) in [5.41, 5.74) is 3.35. The van der Waals surface area contributed by atoms with Crippen molar-refractivity contribution in [2.75, 3.05) is 19.7 Å². The first-order valence-electron chi connectivity index (χ1n) is 14.4. The third-order valence-corrected chi connectivity index (χ3v) is 6.90. The molecule has 3 rings (SSSR count). The average molecular weight is 583 g/mol. The topological polar surface area (TPSA) is 159 Å². The fourth-order valence-electron chi connectivity index (χ4n) is 4.88. The Bertz CT molecular complexity index is 987. The molecule has 2 saturated heterocycles. The number of piperidine rings is 1. The quantitative estimate of drug-likeness (QED) is 0.276. The predicted molar refractivity (Wildman–Crippen MR) is 147 cm³/mol. The molecule has 41 heavy (non-hydrogen) atoms. The molecule has 14 heteroatoms. The number of nitrogens with one attached hydrogen (secondary N) is 3. The molecule has 0 aromatic rings. The molecule has 1 saturated carbocycles. The summed E-state index contributed by atoms with van der Waals surface area (Å²) in [5, 5.41) is 4.13. The number of rotatable bonds is 9. The van der Waals surface area contributed by atoms with Crippen LogP contribution < -0.4 is 16.2 Å². The fourth-order valence-corrected chi connectivity index (χ4v) is 4.88. The number of alkyl carbamates (subject to hydrolysis) is 1. The van der Waals surface area contributed by atoms with Gasteiger partial charge < -0.3 is 19.7 Å². The number of hydrazine groups is 1. The number of hydroxylamine groups is 2. The van der Waals surface area contributed by atoms with Crippen molar-refractivity contribution < 1.29 is 38.3 Å². The molecule has 0 unspecified atom stereocenters. The van der Waals surface area contributed by atoms with Crippen LogP contribution in [0.15, 0.2) is 0 Å². The summed E-state index contributed by atoms with van der Waals surface area (Å²) in [6.07, 6.45) is 2.41. The van der Waals surface area contributed by atoms with Gasteiger partial charge in [-0.05, 0) is 73.6 Å². The van der Waals surface area contributed by atoms with E-state index in [2.05, 4.69) is 16.2 Å². The van der Waals surface area contributed by atoms with Gasteiger partial charge in [0.1, 0.15) is 23.8 Å². The molecule has 3 aliphatic rings. The Hall–Kier alpha value is -3.29. The summed E-state index contributed by atoms with van der Waals surface area (Å²) in [6, 6.07) is -1.78. The third-order valence-electron chi connectivity index (χ3n) is 6.90. The Morgan fingerprint density at radius 2 is 1.63 bits per heavy atom. The van der Waals surface area contributed by atoms with Crippen molar-refractivity contribution in [3.05, 3.63) is 0 Å². The number of ether oxygens (including phenoxy) is 2. The van der Waals surface area contributed by atoms with E-state index in [4.69, 9.17) is 14.3 Å². The molecule has 14 nitrogen and oxygen atoms in total. The summed E-state index contributed by atoms with van der Waals surface area (Å²) in [7, 11) is 0. The summed E-state index contributed by atoms with van der Waals surface area (Å²) in [4.78, 5) is 72.0. The molecule has 6 amide bonds. The second-order valence-corrected chi connectivity index (χ2v) is 12.8. The Balaban J connectivity index is 1.52. The van der Waals surface area contributed by atoms with Gasteiger partial charge in [0.05, 0.1) is 12.6 Å². The number of urea groups is 1. The Kier molecular flexibility index (Phi) is 10.3. The van der Waals surface area contributed by atoms with Crippen molar-refractivity contribution in [1.29, 1.82) is 0 Å². The monoisotopic (exact) mass is 582 g/mol. The van der Waals surface area contributed by atoms with Gasteiger partial charge in [-0.25, -0.2) is 14.4 Å². The van der Waals surface area contributed by atoms with Crippen molar-refractivity contribution in [2.24, 2.45) is 0 Å². The van der Waals surface area contributed by atoms with Gasteiger partial charge in [0, 0.05) is 18.6 Å². The van der Waals surface area contributed by atoms with Crippen LogP contribution in [0.25, 0.3) is 0 Å². The Morgan fingerprint density at radius 1 is 0.976 bits per heavy atom. The van der Waals surface area contributed by atoms with Crippen LogP contribution in [-0.4, -0.2) is 100.0 Å². The maximum atomic E-state index is 12.9. The van der Waals surface area contributed by atoms with Crippen LogP contribution in [0.1, 0.15) is 87.0 Å². The van der Waals surface area contributed by atoms with Crippen molar-refractivity contribution in [3.63, 3.8) is 0 Å². The number of unbranched alkanes of at least 4 members (excludes halogenated alkanes) is 1. The molecule has 2 atom stereocenters. The first-order valence-corrected chi connectivity index (χ1v) is 14.4. The third kappa shape index (κ3) is 9.10. The van der Waals surface area contributed by atoms with Crippen LogP contribution in [0.5, 0.6) is 0 Å². The van der Waals surface area contributed by atoms with Crippen molar-refractivity contribution in [2.45, 2.75) is 122 Å². The number of carbonyl (C=O) groups is 5. The summed E-state index contributed by atoms with van der Waals surface area (Å²) >= 11 is 0. The molecule has 2 bridgehead atoms. The zero-order chi connectivity index (χ0) is 30.5. The van der Waals surface area contributed by atoms with E-state index in [0.717, 1.165) is 12.8 Å². The van der Waals surface area contributed by atoms with Crippen LogP contribution >= 0.6 is 0 Å². The minimum absolute atomic E-state index is 0.100. The van der Waals surface area contributed by atoms with Gasteiger partial charge in [-0.1, -0.05) is 13.3 Å². The second-order valence-electron chi connectivity index (χ2n) is 12.8. The van der Waals surface area contributed by atoms with Gasteiger partial charge >= 0.3 is 18.2 Å². The van der Waals surface area contributed by atoms with Crippen LogP contribution in [0.2, 0.25) is 0 Å². The lowest BCUT2D eigenvalue weighted by molar-refractivity contribution is -0.133. The van der Waals surface area contributed by atoms with Gasteiger partial charge in [0.2, 0.25) is 0 Å². The van der Waals surface area contributed by atoms with E-state index in [1.165, 1.54) is 14.9 Å². The molecule has 232 valence electrons. The molecule has 2 heterocycles. The van der Waals surface area contributed by atoms with Crippen LogP contribution in [0.3, 0.4) is 0 Å². The summed E-state index contributed by atoms with van der Waals surface area (Å²) < 4.78 is 10.8. The number of amides is 6. The maximum Gasteiger partial charge on any atom is 0.411 e. The van der Waals surface area contributed by atoms with Crippen LogP contribution in [0, 0.1) is 0 Å². The molecule has 0 aromatic heterocycles. The standard InChI is InChI=1S/C27H46N6O8/c1-8-9-12-39-33-18-10-11-20(32(15-18)24(33)37)22(35)30-29-21(34)16-31(25(38)41-27(5,6)7)19-13-17(14-19)28-23(36)40-26(2,3)4/h17-20H,8-16H2,1-7H3,(H,28,36)(H,29,34)(H,30,35)/t17?,18-,19?,20-/m0/s1. The molecule has 2 aliphatic heterocycles. The summed E-state index contributed by atoms with van der Waals surface area (Å²) in [6.45, 7) is 13.0. The van der Waals surface area contributed by atoms with Gasteiger partial charge in [-0.3, -0.25) is 30.2 Å². The first-order chi connectivity index (χ1) is 19.1. The highest BCUT2D eigenvalue weighted by Crippen LogP contribution is 2.30. The predicted octanol–water partition coefficient (Wildman–Crippen LogP) is 2.43. The number of hydrogen-bond acceptors (Lipinski definition) is 8. The molecule has 3 N–H and O–H groups in total. The highest BCUT2D eigenvalue weighted by molar-refractivity contribution is 5.90. The highest BCUT2D eigenvalue weighted by atomic mass is 16.7. The molecule has 0 radical (unpaired) electrons. The zero-order valence-electron chi connectivity index (χ0n) is 25.3. The van der Waals surface area contributed by atoms with Gasteiger partial charge in [-0.15, -0.1) is 0 Å². The number of fused-ring (bicyclic) bond motifs is 2. The Morgan fingerprint density at radius 3 is 2.24 bits per heavy atom. The van der Waals surface area contributed by atoms with E-state index in [1.54, 1.807) is 41.5 Å². The van der Waals surface area contributed by atoms with E-state index in [-0.39, 0.29) is 30.7 Å². The SMILES string of the molecule is CCCCON1C(=O)N2C[C@@H]1CC[C@H]2C(=O)NNC(=O)CN(C(=O)OC(C)(C)C)C1CC(NC(=O)OC(C)(C)C)C1. The minimum atomic E-state index is -0.785. The molecule has 1 aliphatic carbocycles. The lowest BCUT2D eigenvalue weighted by atomic mass is 9.85. The van der Waals surface area contributed by atoms with E-state index in [0.29, 0.717) is 38.8 Å². The highest BCUT2D eigenvalue weighted by Gasteiger charge is 2.48. The van der Waals surface area contributed by atoms with E-state index in [9.17, 15) is 24.0 Å². The van der Waals surface area contributed by atoms with Gasteiger partial charge in [-0.2, -0.15) is 5.06 Å². The molecule has 3 fully saturated rings. The number of hydrogen-bond donors (Lipinski definition) is 3. The second kappa shape index (κ2) is 13.1. The van der Waals surface area contributed by atoms with Crippen molar-refractivity contribution >= 4 is 30.0 Å². The van der Waals surface area contributed by atoms with Crippen molar-refractivity contribution in [1.82, 2.24) is 31.0 Å². The Labute approximate surface area is 241 Å². The van der Waals surface area contributed by atoms with Gasteiger partial charge in [0.25, 0.3) is 11.8 Å². The van der Waals surface area contributed by atoms with Crippen LogP contribution in [0.4, 0.5) is 14.4 Å². The fraction of sp³-hybridized carbons (Fsp3) is 0.815. The first kappa shape index (κ1) is 32.2. The maximum absolute atomic E-state index is 12.9. The van der Waals surface area contributed by atoms with Gasteiger partial charge in [0.15, 0.2) is 0 Å². The van der Waals surface area contributed by atoms with E-state index in [1.807, 2.05) is 6.92 Å². The molecule has 0 aromatic carbocycles. The van der Waals surface area contributed by atoms with E-state index >= 15 is 0 Å². The lowest BCUT2D eigenvalue weighted by Crippen LogP contribution is -2.60. The van der Waals surface area contributed by atoms with E-state index < -0.39 is 41.2 Å². The smallest absolute Gasteiger partial charge is 0.411 e. The molecular weight excluding hydrogens is 536 g/mol. The van der Waals surface area contributed by atoms with Crippen molar-refractivity contribution in [3.8, 4) is 0 Å². The molecular formula is C27H46N6O8. The van der Waals surface area contributed by atoms with Crippen LogP contribution in [-0.2, 0) is 23.9 Å².